The summed E-state index contributed by atoms with van der Waals surface area (Å²) >= 11 is 6.30. The summed E-state index contributed by atoms with van der Waals surface area (Å²) in [5, 5.41) is 22.1. The van der Waals surface area contributed by atoms with Crippen molar-refractivity contribution in [2.24, 2.45) is 5.92 Å². The van der Waals surface area contributed by atoms with E-state index < -0.39 is 11.9 Å². The minimum absolute atomic E-state index is 0.167. The largest absolute Gasteiger partial charge is 0.496 e. The molecule has 0 spiro atoms. The lowest BCUT2D eigenvalue weighted by atomic mass is 9.89. The normalized spacial score (nSPS) is 16.7. The SMILES string of the molecule is C=CCn1cc(C2CCN(Cc3ccc(OC)c(C(=O)O)c3)CC2)c2cc(Cl)ccc21.COc1ccc(CN2CCC(c3cn(CC4CCCC4)c4cc(F)ccc34)CC2)cc1C(=O)O. The number of fused-ring (bicyclic) bond motifs is 2. The van der Waals surface area contributed by atoms with Crippen LogP contribution < -0.4 is 9.47 Å². The Hall–Kier alpha value is -5.62. The summed E-state index contributed by atoms with van der Waals surface area (Å²) in [7, 11) is 2.98. The predicted molar refractivity (Wildman–Crippen MR) is 255 cm³/mol. The number of likely N-dealkylation sites (tertiary alicyclic amines) is 2. The maximum Gasteiger partial charge on any atom is 0.339 e. The average molecular weight is 904 g/mol. The van der Waals surface area contributed by atoms with Gasteiger partial charge in [-0.05, 0) is 165 Å². The molecule has 2 saturated heterocycles. The molecule has 2 aromatic heterocycles. The molecule has 0 bridgehead atoms. The van der Waals surface area contributed by atoms with E-state index in [-0.39, 0.29) is 16.9 Å². The van der Waals surface area contributed by atoms with E-state index in [1.807, 2.05) is 30.3 Å². The molecule has 1 aliphatic carbocycles. The number of carbonyl (C=O) groups is 2. The van der Waals surface area contributed by atoms with E-state index in [4.69, 9.17) is 21.1 Å². The number of aromatic nitrogens is 2. The molecule has 342 valence electrons. The Morgan fingerprint density at radius 2 is 1.23 bits per heavy atom. The lowest BCUT2D eigenvalue weighted by molar-refractivity contribution is 0.0682. The highest BCUT2D eigenvalue weighted by molar-refractivity contribution is 6.31. The number of ether oxygens (including phenoxy) is 2. The summed E-state index contributed by atoms with van der Waals surface area (Å²) in [5.41, 5.74) is 7.33. The Bertz CT molecular complexity index is 2650. The summed E-state index contributed by atoms with van der Waals surface area (Å²) in [6.45, 7) is 11.0. The number of nitrogens with zero attached hydrogens (tertiary/aromatic N) is 4. The average Bonchev–Trinajstić information content (AvgIpc) is 4.05. The third-order valence-corrected chi connectivity index (χ3v) is 14.1. The van der Waals surface area contributed by atoms with Crippen LogP contribution in [-0.2, 0) is 26.2 Å². The minimum atomic E-state index is -0.970. The Morgan fingerprint density at radius 3 is 1.75 bits per heavy atom. The fraction of sp³-hybridized carbons (Fsp3) is 0.396. The van der Waals surface area contributed by atoms with Crippen LogP contribution in [0.25, 0.3) is 21.8 Å². The number of hydrogen-bond acceptors (Lipinski definition) is 6. The number of rotatable bonds is 14. The van der Waals surface area contributed by atoms with Crippen molar-refractivity contribution in [3.63, 3.8) is 0 Å². The van der Waals surface area contributed by atoms with Crippen molar-refractivity contribution >= 4 is 45.3 Å². The maximum atomic E-state index is 14.1. The van der Waals surface area contributed by atoms with Gasteiger partial charge in [0.2, 0.25) is 0 Å². The quantitative estimate of drug-likeness (QED) is 0.104. The number of halogens is 2. The zero-order valence-electron chi connectivity index (χ0n) is 37.5. The number of aromatic carboxylic acids is 2. The zero-order chi connectivity index (χ0) is 45.6. The van der Waals surface area contributed by atoms with Gasteiger partial charge in [0.1, 0.15) is 28.4 Å². The summed E-state index contributed by atoms with van der Waals surface area (Å²) in [6, 6.07) is 22.2. The van der Waals surface area contributed by atoms with Gasteiger partial charge in [0.25, 0.3) is 0 Å². The van der Waals surface area contributed by atoms with Gasteiger partial charge in [-0.3, -0.25) is 9.80 Å². The Labute approximate surface area is 385 Å². The van der Waals surface area contributed by atoms with Crippen molar-refractivity contribution in [3.8, 4) is 11.5 Å². The van der Waals surface area contributed by atoms with Gasteiger partial charge >= 0.3 is 11.9 Å². The van der Waals surface area contributed by atoms with E-state index in [1.165, 1.54) is 67.3 Å². The van der Waals surface area contributed by atoms with Crippen molar-refractivity contribution in [1.29, 1.82) is 0 Å². The molecular weight excluding hydrogens is 843 g/mol. The van der Waals surface area contributed by atoms with Crippen LogP contribution in [0.15, 0.2) is 97.8 Å². The first kappa shape index (κ1) is 45.9. The number of carboxylic acid groups (broad SMARTS) is 2. The molecular formula is C53H60ClFN4O6. The van der Waals surface area contributed by atoms with Crippen molar-refractivity contribution < 1.29 is 33.7 Å². The molecule has 0 amide bonds. The molecule has 65 heavy (non-hydrogen) atoms. The first-order valence-electron chi connectivity index (χ1n) is 22.9. The highest BCUT2D eigenvalue weighted by atomic mass is 35.5. The van der Waals surface area contributed by atoms with Crippen LogP contribution in [0.5, 0.6) is 11.5 Å². The monoisotopic (exact) mass is 902 g/mol. The molecule has 9 rings (SSSR count). The second-order valence-electron chi connectivity index (χ2n) is 18.0. The first-order chi connectivity index (χ1) is 31.5. The van der Waals surface area contributed by atoms with Crippen LogP contribution >= 0.6 is 11.6 Å². The third kappa shape index (κ3) is 10.6. The van der Waals surface area contributed by atoms with Gasteiger partial charge in [-0.25, -0.2) is 14.0 Å². The molecule has 1 saturated carbocycles. The van der Waals surface area contributed by atoms with Gasteiger partial charge in [0.05, 0.1) is 19.7 Å². The molecule has 2 aliphatic heterocycles. The Balaban J connectivity index is 0.000000178. The van der Waals surface area contributed by atoms with Gasteiger partial charge in [-0.2, -0.15) is 0 Å². The van der Waals surface area contributed by atoms with Gasteiger partial charge < -0.3 is 28.8 Å². The molecule has 0 unspecified atom stereocenters. The molecule has 0 atom stereocenters. The lowest BCUT2D eigenvalue weighted by Crippen LogP contribution is -2.32. The molecule has 4 aromatic carbocycles. The summed E-state index contributed by atoms with van der Waals surface area (Å²) in [5.74, 6) is 0.321. The van der Waals surface area contributed by atoms with Crippen LogP contribution in [0.4, 0.5) is 4.39 Å². The van der Waals surface area contributed by atoms with Gasteiger partial charge in [0, 0.05) is 59.9 Å². The van der Waals surface area contributed by atoms with E-state index in [1.54, 1.807) is 36.4 Å². The zero-order valence-corrected chi connectivity index (χ0v) is 38.2. The van der Waals surface area contributed by atoms with E-state index in [2.05, 4.69) is 50.0 Å². The fourth-order valence-corrected chi connectivity index (χ4v) is 10.7. The van der Waals surface area contributed by atoms with Crippen LogP contribution in [0, 0.1) is 11.7 Å². The van der Waals surface area contributed by atoms with E-state index in [9.17, 15) is 24.2 Å². The molecule has 6 aromatic rings. The molecule has 0 radical (unpaired) electrons. The van der Waals surface area contributed by atoms with Crippen molar-refractivity contribution in [2.45, 2.75) is 89.4 Å². The molecule has 12 heteroatoms. The van der Waals surface area contributed by atoms with E-state index in [0.29, 0.717) is 29.3 Å². The van der Waals surface area contributed by atoms with Crippen molar-refractivity contribution in [2.75, 3.05) is 40.4 Å². The number of allylic oxidation sites excluding steroid dienone is 1. The fourth-order valence-electron chi connectivity index (χ4n) is 10.5. The van der Waals surface area contributed by atoms with Crippen LogP contribution in [-0.4, -0.2) is 81.5 Å². The van der Waals surface area contributed by atoms with Gasteiger partial charge in [-0.1, -0.05) is 42.7 Å². The second-order valence-corrected chi connectivity index (χ2v) is 18.5. The molecule has 3 fully saturated rings. The van der Waals surface area contributed by atoms with Gasteiger partial charge in [0.15, 0.2) is 0 Å². The second kappa shape index (κ2) is 20.7. The highest BCUT2D eigenvalue weighted by Gasteiger charge is 2.27. The Kier molecular flexibility index (Phi) is 14.6. The number of piperidine rings is 2. The minimum Gasteiger partial charge on any atom is -0.496 e. The topological polar surface area (TPSA) is 109 Å². The van der Waals surface area contributed by atoms with Crippen molar-refractivity contribution in [1.82, 2.24) is 18.9 Å². The van der Waals surface area contributed by atoms with Crippen LogP contribution in [0.1, 0.15) is 106 Å². The van der Waals surface area contributed by atoms with Crippen LogP contribution in [0.3, 0.4) is 0 Å². The summed E-state index contributed by atoms with van der Waals surface area (Å²) in [4.78, 5) is 27.8. The van der Waals surface area contributed by atoms with Crippen LogP contribution in [0.2, 0.25) is 5.02 Å². The summed E-state index contributed by atoms with van der Waals surface area (Å²) in [6.07, 6.45) is 15.8. The molecule has 3 aliphatic rings. The number of benzene rings is 4. The van der Waals surface area contributed by atoms with E-state index in [0.717, 1.165) is 99.7 Å². The summed E-state index contributed by atoms with van der Waals surface area (Å²) < 4.78 is 29.0. The predicted octanol–water partition coefficient (Wildman–Crippen LogP) is 11.6. The standard InChI is InChI=1S/C28H33FN2O3.C25H27ClN2O3/c1-34-27-9-6-20(14-24(27)28(32)33)16-30-12-10-21(11-13-30)25-18-31(17-19-4-2-3-5-19)26-15-22(29)7-8-23(25)26;1-3-10-28-16-22(20-14-19(26)5-6-23(20)28)18-8-11-27(12-9-18)15-17-4-7-24(31-2)21(13-17)25(29)30/h6-9,14-15,18-19,21H,2-5,10-13,16-17H2,1H3,(H,32,33);3-7,13-14,16,18H,1,8-12,15H2,2H3,(H,29,30). The highest BCUT2D eigenvalue weighted by Crippen LogP contribution is 2.38. The Morgan fingerprint density at radius 1 is 0.692 bits per heavy atom. The third-order valence-electron chi connectivity index (χ3n) is 13.9. The molecule has 2 N–H and O–H groups in total. The van der Waals surface area contributed by atoms with Crippen molar-refractivity contribution in [3.05, 3.63) is 142 Å². The van der Waals surface area contributed by atoms with E-state index >= 15 is 0 Å². The number of methoxy groups -OCH3 is 2. The smallest absolute Gasteiger partial charge is 0.339 e. The lowest BCUT2D eigenvalue weighted by Gasteiger charge is -2.32. The molecule has 10 nitrogen and oxygen atoms in total. The number of hydrogen-bond donors (Lipinski definition) is 2. The maximum absolute atomic E-state index is 14.1. The van der Waals surface area contributed by atoms with Gasteiger partial charge in [-0.15, -0.1) is 6.58 Å². The first-order valence-corrected chi connectivity index (χ1v) is 23.3. The molecule has 4 heterocycles. The number of carboxylic acids is 2.